The zero-order valence-corrected chi connectivity index (χ0v) is 17.3. The second kappa shape index (κ2) is 12.9. The molecule has 0 spiro atoms. The number of halogens is 2. The van der Waals surface area contributed by atoms with Crippen molar-refractivity contribution in [3.05, 3.63) is 102 Å². The maximum Gasteiger partial charge on any atom is 3.00 e. The van der Waals surface area contributed by atoms with E-state index in [1.165, 1.54) is 21.9 Å². The Balaban J connectivity index is 0.000000497. The summed E-state index contributed by atoms with van der Waals surface area (Å²) in [4.78, 5) is 0. The molecule has 0 saturated heterocycles. The molecule has 4 heteroatoms. The van der Waals surface area contributed by atoms with E-state index in [1.807, 2.05) is 30.3 Å². The topological polar surface area (TPSA) is 20.2 Å². The van der Waals surface area contributed by atoms with E-state index in [2.05, 4.69) is 60.7 Å². The van der Waals surface area contributed by atoms with Crippen LogP contribution in [0.3, 0.4) is 0 Å². The maximum absolute atomic E-state index is 8.54. The summed E-state index contributed by atoms with van der Waals surface area (Å²) < 4.78 is 0. The van der Waals surface area contributed by atoms with E-state index >= 15 is 0 Å². The minimum absolute atomic E-state index is 0. The van der Waals surface area contributed by atoms with E-state index in [0.717, 1.165) is 12.0 Å². The van der Waals surface area contributed by atoms with E-state index in [-0.39, 0.29) is 53.1 Å². The summed E-state index contributed by atoms with van der Waals surface area (Å²) in [7, 11) is 0. The van der Waals surface area contributed by atoms with Gasteiger partial charge in [-0.2, -0.15) is 0 Å². The van der Waals surface area contributed by atoms with Crippen LogP contribution in [-0.4, -0.2) is 5.11 Å². The average molecular weight is 418 g/mol. The molecule has 131 valence electrons. The first-order chi connectivity index (χ1) is 11.4. The van der Waals surface area contributed by atoms with Gasteiger partial charge in [0, 0.05) is 0 Å². The van der Waals surface area contributed by atoms with Gasteiger partial charge in [0.15, 0.2) is 0 Å². The summed E-state index contributed by atoms with van der Waals surface area (Å²) in [5.74, 6) is 0. The Bertz CT molecular complexity index is 845. The summed E-state index contributed by atoms with van der Waals surface area (Å²) in [6, 6.07) is 25.7. The first-order valence-corrected chi connectivity index (χ1v) is 7.79. The van der Waals surface area contributed by atoms with Crippen LogP contribution in [0.25, 0.3) is 16.3 Å². The Morgan fingerprint density at radius 2 is 1.54 bits per heavy atom. The number of hydrogen-bond acceptors (Lipinski definition) is 1. The van der Waals surface area contributed by atoms with Gasteiger partial charge in [0.2, 0.25) is 0 Å². The normalized spacial score (nSPS) is 11.2. The van der Waals surface area contributed by atoms with Gasteiger partial charge in [0.05, 0.1) is 6.61 Å². The van der Waals surface area contributed by atoms with E-state index in [1.54, 1.807) is 0 Å². The predicted octanol–water partition coefficient (Wildman–Crippen LogP) is -0.832. The molecule has 3 aromatic carbocycles. The van der Waals surface area contributed by atoms with Crippen LogP contribution in [0.1, 0.15) is 17.5 Å². The third-order valence-corrected chi connectivity index (χ3v) is 3.80. The van der Waals surface area contributed by atoms with Crippen molar-refractivity contribution in [2.75, 3.05) is 0 Å². The van der Waals surface area contributed by atoms with Crippen molar-refractivity contribution in [1.29, 1.82) is 0 Å². The minimum atomic E-state index is 0. The van der Waals surface area contributed by atoms with Gasteiger partial charge in [-0.25, -0.2) is 0 Å². The van der Waals surface area contributed by atoms with Crippen LogP contribution in [0.5, 0.6) is 0 Å². The molecule has 0 atom stereocenters. The molecule has 1 nitrogen and oxygen atoms in total. The van der Waals surface area contributed by atoms with Crippen LogP contribution >= 0.6 is 0 Å². The molecule has 0 unspecified atom stereocenters. The van der Waals surface area contributed by atoms with Crippen molar-refractivity contribution in [2.24, 2.45) is 0 Å². The standard InChI is InChI=1S/C15H11.C7H8O.2ClH.Ti/c1-2-6-12(5-1)15-10-9-13-7-3-4-8-14(13)11-15;8-6-7-4-2-1-3-5-7;;;/h1-5,7-10H,6H2;1-5,8H,6H2;2*1H;/q-1;;;;+3/p-2. The quantitative estimate of drug-likeness (QED) is 0.426. The van der Waals surface area contributed by atoms with Gasteiger partial charge < -0.3 is 29.9 Å². The zero-order valence-electron chi connectivity index (χ0n) is 14.2. The van der Waals surface area contributed by atoms with Crippen molar-refractivity contribution >= 4 is 16.3 Å². The minimum Gasteiger partial charge on any atom is -1.00 e. The number of fused-ring (bicyclic) bond motifs is 1. The van der Waals surface area contributed by atoms with Crippen molar-refractivity contribution in [3.63, 3.8) is 0 Å². The van der Waals surface area contributed by atoms with Gasteiger partial charge in [0.1, 0.15) is 0 Å². The molecule has 0 aliphatic heterocycles. The molecule has 0 fully saturated rings. The molecule has 1 N–H and O–H groups in total. The first kappa shape index (κ1) is 24.7. The Morgan fingerprint density at radius 1 is 0.846 bits per heavy atom. The van der Waals surface area contributed by atoms with Crippen molar-refractivity contribution in [3.8, 4) is 0 Å². The molecule has 0 bridgehead atoms. The fourth-order valence-electron chi connectivity index (χ4n) is 2.53. The van der Waals surface area contributed by atoms with E-state index in [9.17, 15) is 0 Å². The van der Waals surface area contributed by atoms with Crippen LogP contribution < -0.4 is 24.8 Å². The number of hydrogen-bond donors (Lipinski definition) is 1. The number of aliphatic hydroxyl groups is 1. The molecule has 26 heavy (non-hydrogen) atoms. The predicted molar refractivity (Wildman–Crippen MR) is 96.9 cm³/mol. The van der Waals surface area contributed by atoms with E-state index < -0.39 is 0 Å². The summed E-state index contributed by atoms with van der Waals surface area (Å²) in [6.07, 6.45) is 7.49. The smallest absolute Gasteiger partial charge is 1.00 e. The summed E-state index contributed by atoms with van der Waals surface area (Å²) in [6.45, 7) is 0.140. The molecule has 0 amide bonds. The van der Waals surface area contributed by atoms with Gasteiger partial charge in [-0.3, -0.25) is 0 Å². The number of benzene rings is 3. The van der Waals surface area contributed by atoms with Gasteiger partial charge in [-0.1, -0.05) is 72.1 Å². The molecule has 0 saturated carbocycles. The number of rotatable bonds is 2. The molecule has 3 aromatic rings. The summed E-state index contributed by atoms with van der Waals surface area (Å²) in [5.41, 5.74) is 3.55. The monoisotopic (exact) mass is 417 g/mol. The number of aliphatic hydroxyl groups excluding tert-OH is 1. The molecule has 0 heterocycles. The fraction of sp³-hybridized carbons (Fsp3) is 0.0909. The van der Waals surface area contributed by atoms with Gasteiger partial charge in [-0.05, 0) is 12.0 Å². The summed E-state index contributed by atoms with van der Waals surface area (Å²) >= 11 is 0. The first-order valence-electron chi connectivity index (χ1n) is 7.79. The van der Waals surface area contributed by atoms with Gasteiger partial charge >= 0.3 is 21.7 Å². The van der Waals surface area contributed by atoms with Gasteiger partial charge in [-0.15, -0.1) is 40.8 Å². The molecule has 1 radical (unpaired) electrons. The van der Waals surface area contributed by atoms with Crippen LogP contribution in [-0.2, 0) is 28.3 Å². The molecule has 1 aliphatic carbocycles. The molecular weight excluding hydrogens is 399 g/mol. The SMILES string of the molecule is OCc1ccccc1.[Cl-].[Cl-].[Ti+3].[c-]1c(C2=CC=CC2)ccc2ccccc12. The van der Waals surface area contributed by atoms with Crippen molar-refractivity contribution in [1.82, 2.24) is 0 Å². The Labute approximate surface area is 182 Å². The summed E-state index contributed by atoms with van der Waals surface area (Å²) in [5, 5.41) is 11.0. The largest absolute Gasteiger partial charge is 3.00 e. The van der Waals surface area contributed by atoms with Crippen molar-refractivity contribution in [2.45, 2.75) is 13.0 Å². The number of allylic oxidation sites excluding steroid dienone is 4. The van der Waals surface area contributed by atoms with Gasteiger partial charge in [0.25, 0.3) is 0 Å². The maximum atomic E-state index is 8.54. The zero-order chi connectivity index (χ0) is 15.9. The molecule has 4 rings (SSSR count). The molecule has 0 aromatic heterocycles. The van der Waals surface area contributed by atoms with Crippen LogP contribution in [0.4, 0.5) is 0 Å². The average Bonchev–Trinajstić information content (AvgIpc) is 3.17. The molecular formula is C22H19Cl2OTi. The van der Waals surface area contributed by atoms with Crippen molar-refractivity contribution < 1.29 is 51.6 Å². The third kappa shape index (κ3) is 6.76. The van der Waals surface area contributed by atoms with Crippen LogP contribution in [0, 0.1) is 6.07 Å². The second-order valence-electron chi connectivity index (χ2n) is 5.43. The van der Waals surface area contributed by atoms with Crippen LogP contribution in [0.15, 0.2) is 85.0 Å². The van der Waals surface area contributed by atoms with E-state index in [0.29, 0.717) is 0 Å². The third-order valence-electron chi connectivity index (χ3n) is 3.80. The Morgan fingerprint density at radius 3 is 2.15 bits per heavy atom. The Kier molecular flexibility index (Phi) is 12.3. The second-order valence-corrected chi connectivity index (χ2v) is 5.43. The van der Waals surface area contributed by atoms with Crippen LogP contribution in [0.2, 0.25) is 0 Å². The molecule has 1 aliphatic rings. The fourth-order valence-corrected chi connectivity index (χ4v) is 2.53. The Hall–Kier alpha value is -1.35. The van der Waals surface area contributed by atoms with E-state index in [4.69, 9.17) is 5.11 Å².